The zero-order valence-corrected chi connectivity index (χ0v) is 10.9. The summed E-state index contributed by atoms with van der Waals surface area (Å²) in [6.07, 6.45) is 1.50. The quantitative estimate of drug-likeness (QED) is 0.710. The van der Waals surface area contributed by atoms with E-state index in [-0.39, 0.29) is 5.91 Å². The van der Waals surface area contributed by atoms with Crippen LogP contribution in [-0.2, 0) is 11.2 Å². The number of hydrogen-bond acceptors (Lipinski definition) is 1. The summed E-state index contributed by atoms with van der Waals surface area (Å²) in [4.78, 5) is 11.3. The van der Waals surface area contributed by atoms with Gasteiger partial charge in [0.2, 0.25) is 5.91 Å². The number of aryl methyl sites for hydroxylation is 2. The molecule has 1 amide bonds. The van der Waals surface area contributed by atoms with E-state index in [0.717, 1.165) is 12.1 Å². The molecule has 1 aliphatic heterocycles. The number of benzene rings is 1. The summed E-state index contributed by atoms with van der Waals surface area (Å²) in [6, 6.07) is 2.19. The fraction of sp³-hybridized carbons (Fsp3) is 0.500. The van der Waals surface area contributed by atoms with Crippen molar-refractivity contribution in [3.05, 3.63) is 28.3 Å². The number of nitrogens with one attached hydrogen (secondary N) is 1. The van der Waals surface area contributed by atoms with Crippen LogP contribution in [0.1, 0.15) is 42.5 Å². The summed E-state index contributed by atoms with van der Waals surface area (Å²) in [5.41, 5.74) is 6.14. The van der Waals surface area contributed by atoms with Crippen LogP contribution in [0.2, 0.25) is 0 Å². The summed E-state index contributed by atoms with van der Waals surface area (Å²) >= 11 is 0. The van der Waals surface area contributed by atoms with Crippen molar-refractivity contribution in [3.8, 4) is 0 Å². The van der Waals surface area contributed by atoms with Crippen molar-refractivity contribution in [2.75, 3.05) is 5.32 Å². The summed E-state index contributed by atoms with van der Waals surface area (Å²) in [5.74, 6) is 0.142. The Morgan fingerprint density at radius 3 is 2.31 bits per heavy atom. The monoisotopic (exact) mass is 219 g/mol. The lowest BCUT2D eigenvalue weighted by atomic mass is 9.93. The molecule has 1 aliphatic rings. The van der Waals surface area contributed by atoms with Gasteiger partial charge in [-0.15, -0.1) is 0 Å². The standard InChI is InChI=1S/C12H15NO.C2H6/c1-7-6-10-4-5-11(14)13-12(10)9(3)8(7)2;1-2/h6H,4-5H2,1-3H3,(H,13,14);1-2H3. The van der Waals surface area contributed by atoms with E-state index in [4.69, 9.17) is 0 Å². The highest BCUT2D eigenvalue weighted by molar-refractivity contribution is 5.95. The fourth-order valence-corrected chi connectivity index (χ4v) is 1.99. The van der Waals surface area contributed by atoms with E-state index in [1.165, 1.54) is 22.3 Å². The van der Waals surface area contributed by atoms with Crippen LogP contribution in [0.5, 0.6) is 0 Å². The van der Waals surface area contributed by atoms with Crippen LogP contribution in [0.3, 0.4) is 0 Å². The van der Waals surface area contributed by atoms with Gasteiger partial charge in [-0.2, -0.15) is 0 Å². The Kier molecular flexibility index (Phi) is 4.11. The summed E-state index contributed by atoms with van der Waals surface area (Å²) in [5, 5.41) is 2.96. The Morgan fingerprint density at radius 1 is 1.06 bits per heavy atom. The first-order valence-corrected chi connectivity index (χ1v) is 5.99. The summed E-state index contributed by atoms with van der Waals surface area (Å²) < 4.78 is 0. The molecule has 0 fully saturated rings. The molecule has 0 aliphatic carbocycles. The van der Waals surface area contributed by atoms with Gasteiger partial charge in [-0.3, -0.25) is 4.79 Å². The Labute approximate surface area is 98.1 Å². The van der Waals surface area contributed by atoms with E-state index >= 15 is 0 Å². The highest BCUT2D eigenvalue weighted by Gasteiger charge is 2.18. The van der Waals surface area contributed by atoms with Crippen LogP contribution < -0.4 is 5.32 Å². The SMILES string of the molecule is CC.Cc1cc2c(c(C)c1C)NC(=O)CC2. The maximum absolute atomic E-state index is 11.3. The second-order valence-corrected chi connectivity index (χ2v) is 4.03. The van der Waals surface area contributed by atoms with Crippen LogP contribution >= 0.6 is 0 Å². The topological polar surface area (TPSA) is 29.1 Å². The van der Waals surface area contributed by atoms with Gasteiger partial charge in [-0.25, -0.2) is 0 Å². The smallest absolute Gasteiger partial charge is 0.224 e. The van der Waals surface area contributed by atoms with Gasteiger partial charge >= 0.3 is 0 Å². The molecule has 2 nitrogen and oxygen atoms in total. The molecular weight excluding hydrogens is 198 g/mol. The van der Waals surface area contributed by atoms with Crippen molar-refractivity contribution in [2.24, 2.45) is 0 Å². The van der Waals surface area contributed by atoms with Crippen molar-refractivity contribution in [1.82, 2.24) is 0 Å². The van der Waals surface area contributed by atoms with Gasteiger partial charge < -0.3 is 5.32 Å². The first-order valence-electron chi connectivity index (χ1n) is 5.99. The predicted octanol–water partition coefficient (Wildman–Crippen LogP) is 3.52. The highest BCUT2D eigenvalue weighted by atomic mass is 16.1. The number of carbonyl (C=O) groups excluding carboxylic acids is 1. The lowest BCUT2D eigenvalue weighted by Gasteiger charge is -2.21. The molecule has 1 aromatic carbocycles. The van der Waals surface area contributed by atoms with Crippen LogP contribution in [0, 0.1) is 20.8 Å². The minimum absolute atomic E-state index is 0.142. The number of amides is 1. The second kappa shape index (κ2) is 5.15. The van der Waals surface area contributed by atoms with E-state index in [2.05, 4.69) is 32.2 Å². The van der Waals surface area contributed by atoms with Crippen LogP contribution in [-0.4, -0.2) is 5.91 Å². The van der Waals surface area contributed by atoms with Gasteiger partial charge in [0.15, 0.2) is 0 Å². The molecule has 0 bridgehead atoms. The van der Waals surface area contributed by atoms with Crippen LogP contribution in [0.25, 0.3) is 0 Å². The van der Waals surface area contributed by atoms with Crippen molar-refractivity contribution in [1.29, 1.82) is 0 Å². The van der Waals surface area contributed by atoms with E-state index in [1.54, 1.807) is 0 Å². The molecule has 88 valence electrons. The van der Waals surface area contributed by atoms with E-state index in [9.17, 15) is 4.79 Å². The molecule has 0 radical (unpaired) electrons. The Bertz CT molecular complexity index is 408. The molecule has 0 unspecified atom stereocenters. The third kappa shape index (κ3) is 2.26. The van der Waals surface area contributed by atoms with E-state index in [0.29, 0.717) is 6.42 Å². The zero-order valence-electron chi connectivity index (χ0n) is 10.9. The van der Waals surface area contributed by atoms with Crippen molar-refractivity contribution in [2.45, 2.75) is 47.5 Å². The average Bonchev–Trinajstić information content (AvgIpc) is 2.30. The molecule has 1 heterocycles. The fourth-order valence-electron chi connectivity index (χ4n) is 1.99. The summed E-state index contributed by atoms with van der Waals surface area (Å²) in [6.45, 7) is 10.3. The van der Waals surface area contributed by atoms with Crippen molar-refractivity contribution in [3.63, 3.8) is 0 Å². The number of rotatable bonds is 0. The third-order valence-electron chi connectivity index (χ3n) is 3.13. The third-order valence-corrected chi connectivity index (χ3v) is 3.13. The molecule has 1 N–H and O–H groups in total. The lowest BCUT2D eigenvalue weighted by molar-refractivity contribution is -0.116. The van der Waals surface area contributed by atoms with Crippen LogP contribution in [0.4, 0.5) is 5.69 Å². The number of carbonyl (C=O) groups is 1. The molecular formula is C14H21NO. The molecule has 0 spiro atoms. The summed E-state index contributed by atoms with van der Waals surface area (Å²) in [7, 11) is 0. The van der Waals surface area contributed by atoms with Gasteiger partial charge in [0.1, 0.15) is 0 Å². The maximum atomic E-state index is 11.3. The largest absolute Gasteiger partial charge is 0.326 e. The molecule has 16 heavy (non-hydrogen) atoms. The van der Waals surface area contributed by atoms with Crippen molar-refractivity contribution < 1.29 is 4.79 Å². The highest BCUT2D eigenvalue weighted by Crippen LogP contribution is 2.30. The minimum Gasteiger partial charge on any atom is -0.326 e. The predicted molar refractivity (Wildman–Crippen MR) is 69.0 cm³/mol. The van der Waals surface area contributed by atoms with Crippen LogP contribution in [0.15, 0.2) is 6.07 Å². The normalized spacial score (nSPS) is 13.4. The second-order valence-electron chi connectivity index (χ2n) is 4.03. The number of fused-ring (bicyclic) bond motifs is 1. The van der Waals surface area contributed by atoms with Gasteiger partial charge in [-0.05, 0) is 49.4 Å². The molecule has 2 rings (SSSR count). The number of anilines is 1. The Morgan fingerprint density at radius 2 is 1.69 bits per heavy atom. The van der Waals surface area contributed by atoms with E-state index in [1.807, 2.05) is 13.8 Å². The van der Waals surface area contributed by atoms with Gasteiger partial charge in [0, 0.05) is 12.1 Å². The minimum atomic E-state index is 0.142. The first-order chi connectivity index (χ1) is 7.59. The van der Waals surface area contributed by atoms with Gasteiger partial charge in [0.25, 0.3) is 0 Å². The molecule has 0 aromatic heterocycles. The Balaban J connectivity index is 0.000000606. The molecule has 2 heteroatoms. The molecule has 0 saturated heterocycles. The molecule has 0 saturated carbocycles. The van der Waals surface area contributed by atoms with E-state index < -0.39 is 0 Å². The maximum Gasteiger partial charge on any atom is 0.224 e. The molecule has 0 atom stereocenters. The number of hydrogen-bond donors (Lipinski definition) is 1. The molecule has 1 aromatic rings. The van der Waals surface area contributed by atoms with Gasteiger partial charge in [-0.1, -0.05) is 19.9 Å². The van der Waals surface area contributed by atoms with Crippen molar-refractivity contribution >= 4 is 11.6 Å². The van der Waals surface area contributed by atoms with Gasteiger partial charge in [0.05, 0.1) is 0 Å². The Hall–Kier alpha value is -1.31. The average molecular weight is 219 g/mol. The zero-order chi connectivity index (χ0) is 12.3. The lowest BCUT2D eigenvalue weighted by Crippen LogP contribution is -2.20. The first kappa shape index (κ1) is 12.8.